The van der Waals surface area contributed by atoms with Crippen molar-refractivity contribution in [3.63, 3.8) is 0 Å². The molecule has 0 radical (unpaired) electrons. The normalized spacial score (nSPS) is 12.6. The van der Waals surface area contributed by atoms with Crippen LogP contribution in [0, 0.1) is 0 Å². The molecule has 0 aliphatic carbocycles. The lowest BCUT2D eigenvalue weighted by Crippen LogP contribution is -2.26. The standard InChI is InChI=1S/C17H21N/c1-3-18(14-16-10-6-4-7-11-16)15(2)17-12-8-5-9-13-17/h4-13,15H,3,14H2,1-2H3/t15-/m0/s1. The van der Waals surface area contributed by atoms with Gasteiger partial charge in [0, 0.05) is 12.6 Å². The third-order valence-corrected chi connectivity index (χ3v) is 3.46. The van der Waals surface area contributed by atoms with Crippen molar-refractivity contribution < 1.29 is 0 Å². The first kappa shape index (κ1) is 12.8. The molecule has 0 fully saturated rings. The second-order valence-electron chi connectivity index (χ2n) is 4.64. The summed E-state index contributed by atoms with van der Waals surface area (Å²) in [5, 5.41) is 0. The van der Waals surface area contributed by atoms with Crippen LogP contribution in [0.25, 0.3) is 0 Å². The van der Waals surface area contributed by atoms with Crippen LogP contribution in [0.3, 0.4) is 0 Å². The van der Waals surface area contributed by atoms with E-state index in [2.05, 4.69) is 79.4 Å². The molecule has 0 bridgehead atoms. The topological polar surface area (TPSA) is 3.24 Å². The summed E-state index contributed by atoms with van der Waals surface area (Å²) in [7, 11) is 0. The molecule has 1 nitrogen and oxygen atoms in total. The summed E-state index contributed by atoms with van der Waals surface area (Å²) in [4.78, 5) is 2.49. The second kappa shape index (κ2) is 6.36. The van der Waals surface area contributed by atoms with E-state index in [0.29, 0.717) is 6.04 Å². The quantitative estimate of drug-likeness (QED) is 0.753. The van der Waals surface area contributed by atoms with Crippen molar-refractivity contribution in [3.05, 3.63) is 71.8 Å². The van der Waals surface area contributed by atoms with Crippen LogP contribution in [0.5, 0.6) is 0 Å². The van der Waals surface area contributed by atoms with Crippen LogP contribution < -0.4 is 0 Å². The van der Waals surface area contributed by atoms with Gasteiger partial charge in [0.2, 0.25) is 0 Å². The van der Waals surface area contributed by atoms with E-state index < -0.39 is 0 Å². The summed E-state index contributed by atoms with van der Waals surface area (Å²) < 4.78 is 0. The van der Waals surface area contributed by atoms with Crippen LogP contribution in [0.2, 0.25) is 0 Å². The maximum atomic E-state index is 2.49. The van der Waals surface area contributed by atoms with Crippen LogP contribution in [-0.2, 0) is 6.54 Å². The molecule has 0 saturated carbocycles. The van der Waals surface area contributed by atoms with Crippen molar-refractivity contribution in [1.82, 2.24) is 4.90 Å². The van der Waals surface area contributed by atoms with Gasteiger partial charge in [0.1, 0.15) is 0 Å². The molecule has 2 aromatic rings. The molecular formula is C17H21N. The molecule has 0 N–H and O–H groups in total. The Bertz CT molecular complexity index is 450. The highest BCUT2D eigenvalue weighted by Crippen LogP contribution is 2.21. The Morgan fingerprint density at radius 2 is 1.44 bits per heavy atom. The van der Waals surface area contributed by atoms with E-state index in [1.165, 1.54) is 11.1 Å². The van der Waals surface area contributed by atoms with Gasteiger partial charge in [-0.1, -0.05) is 67.6 Å². The van der Waals surface area contributed by atoms with Crippen molar-refractivity contribution in [3.8, 4) is 0 Å². The minimum absolute atomic E-state index is 0.455. The number of rotatable bonds is 5. The Hall–Kier alpha value is -1.60. The first-order valence-electron chi connectivity index (χ1n) is 6.64. The molecule has 2 aromatic carbocycles. The molecule has 0 aliphatic heterocycles. The highest BCUT2D eigenvalue weighted by Gasteiger charge is 2.13. The Morgan fingerprint density at radius 1 is 0.889 bits per heavy atom. The zero-order valence-corrected chi connectivity index (χ0v) is 11.2. The van der Waals surface area contributed by atoms with E-state index >= 15 is 0 Å². The molecule has 94 valence electrons. The molecule has 0 aromatic heterocycles. The Balaban J connectivity index is 2.09. The van der Waals surface area contributed by atoms with E-state index in [9.17, 15) is 0 Å². The molecule has 2 rings (SSSR count). The van der Waals surface area contributed by atoms with Crippen molar-refractivity contribution in [2.24, 2.45) is 0 Å². The monoisotopic (exact) mass is 239 g/mol. The first-order chi connectivity index (χ1) is 8.81. The van der Waals surface area contributed by atoms with Gasteiger partial charge in [-0.05, 0) is 24.6 Å². The molecule has 0 saturated heterocycles. The predicted octanol–water partition coefficient (Wildman–Crippen LogP) is 4.27. The minimum Gasteiger partial charge on any atom is -0.293 e. The summed E-state index contributed by atoms with van der Waals surface area (Å²) in [6.07, 6.45) is 0. The van der Waals surface area contributed by atoms with E-state index in [4.69, 9.17) is 0 Å². The van der Waals surface area contributed by atoms with Gasteiger partial charge in [-0.15, -0.1) is 0 Å². The predicted molar refractivity (Wildman–Crippen MR) is 77.4 cm³/mol. The second-order valence-corrected chi connectivity index (χ2v) is 4.64. The maximum Gasteiger partial charge on any atom is 0.0323 e. The highest BCUT2D eigenvalue weighted by atomic mass is 15.1. The zero-order valence-electron chi connectivity index (χ0n) is 11.2. The largest absolute Gasteiger partial charge is 0.293 e. The van der Waals surface area contributed by atoms with Crippen LogP contribution in [0.15, 0.2) is 60.7 Å². The Morgan fingerprint density at radius 3 is 2.00 bits per heavy atom. The van der Waals surface area contributed by atoms with Gasteiger partial charge in [0.05, 0.1) is 0 Å². The maximum absolute atomic E-state index is 2.49. The van der Waals surface area contributed by atoms with Gasteiger partial charge < -0.3 is 0 Å². The molecule has 0 unspecified atom stereocenters. The number of benzene rings is 2. The average molecular weight is 239 g/mol. The smallest absolute Gasteiger partial charge is 0.0323 e. The van der Waals surface area contributed by atoms with Gasteiger partial charge in [0.15, 0.2) is 0 Å². The summed E-state index contributed by atoms with van der Waals surface area (Å²) in [5.74, 6) is 0. The van der Waals surface area contributed by atoms with Crippen molar-refractivity contribution in [2.75, 3.05) is 6.54 Å². The fraction of sp³-hybridized carbons (Fsp3) is 0.294. The van der Waals surface area contributed by atoms with Gasteiger partial charge in [-0.3, -0.25) is 4.90 Å². The van der Waals surface area contributed by atoms with E-state index in [1.54, 1.807) is 0 Å². The lowest BCUT2D eigenvalue weighted by atomic mass is 10.1. The van der Waals surface area contributed by atoms with Crippen LogP contribution in [0.4, 0.5) is 0 Å². The lowest BCUT2D eigenvalue weighted by molar-refractivity contribution is 0.213. The minimum atomic E-state index is 0.455. The first-order valence-corrected chi connectivity index (χ1v) is 6.64. The van der Waals surface area contributed by atoms with Crippen molar-refractivity contribution in [1.29, 1.82) is 0 Å². The van der Waals surface area contributed by atoms with Crippen LogP contribution in [0.1, 0.15) is 31.0 Å². The van der Waals surface area contributed by atoms with Gasteiger partial charge >= 0.3 is 0 Å². The van der Waals surface area contributed by atoms with Crippen molar-refractivity contribution in [2.45, 2.75) is 26.4 Å². The van der Waals surface area contributed by atoms with Gasteiger partial charge in [-0.25, -0.2) is 0 Å². The lowest BCUT2D eigenvalue weighted by Gasteiger charge is -2.28. The third-order valence-electron chi connectivity index (χ3n) is 3.46. The zero-order chi connectivity index (χ0) is 12.8. The highest BCUT2D eigenvalue weighted by molar-refractivity contribution is 5.19. The van der Waals surface area contributed by atoms with Gasteiger partial charge in [0.25, 0.3) is 0 Å². The van der Waals surface area contributed by atoms with Crippen molar-refractivity contribution >= 4 is 0 Å². The molecule has 0 spiro atoms. The molecular weight excluding hydrogens is 218 g/mol. The fourth-order valence-electron chi connectivity index (χ4n) is 2.28. The molecule has 0 amide bonds. The SMILES string of the molecule is CCN(Cc1ccccc1)[C@@H](C)c1ccccc1. The van der Waals surface area contributed by atoms with Gasteiger partial charge in [-0.2, -0.15) is 0 Å². The average Bonchev–Trinajstić information content (AvgIpc) is 2.46. The Kier molecular flexibility index (Phi) is 4.54. The Labute approximate surface area is 110 Å². The van der Waals surface area contributed by atoms with Crippen LogP contribution in [-0.4, -0.2) is 11.4 Å². The molecule has 0 aliphatic rings. The number of hydrogen-bond donors (Lipinski definition) is 0. The van der Waals surface area contributed by atoms with E-state index in [1.807, 2.05) is 0 Å². The summed E-state index contributed by atoms with van der Waals surface area (Å²) in [6, 6.07) is 21.8. The molecule has 1 atom stereocenters. The summed E-state index contributed by atoms with van der Waals surface area (Å²) in [6.45, 7) is 6.57. The molecule has 1 heteroatoms. The summed E-state index contributed by atoms with van der Waals surface area (Å²) >= 11 is 0. The van der Waals surface area contributed by atoms with E-state index in [-0.39, 0.29) is 0 Å². The van der Waals surface area contributed by atoms with E-state index in [0.717, 1.165) is 13.1 Å². The third kappa shape index (κ3) is 3.21. The number of hydrogen-bond acceptors (Lipinski definition) is 1. The fourth-order valence-corrected chi connectivity index (χ4v) is 2.28. The number of nitrogens with zero attached hydrogens (tertiary/aromatic N) is 1. The van der Waals surface area contributed by atoms with Crippen LogP contribution >= 0.6 is 0 Å². The summed E-state index contributed by atoms with van der Waals surface area (Å²) in [5.41, 5.74) is 2.76. The molecule has 0 heterocycles. The molecule has 18 heavy (non-hydrogen) atoms.